The van der Waals surface area contributed by atoms with Gasteiger partial charge in [-0.25, -0.2) is 0 Å². The summed E-state index contributed by atoms with van der Waals surface area (Å²) in [7, 11) is 0. The molecular weight excluding hydrogens is 460 g/mol. The fourth-order valence-electron chi connectivity index (χ4n) is 3.67. The quantitative estimate of drug-likeness (QED) is 0.363. The summed E-state index contributed by atoms with van der Waals surface area (Å²) in [5.41, 5.74) is 1.64. The first-order valence-corrected chi connectivity index (χ1v) is 11.2. The van der Waals surface area contributed by atoms with Gasteiger partial charge in [0.05, 0.1) is 18.1 Å². The normalized spacial score (nSPS) is 13.7. The Balaban J connectivity index is 1.82. The number of hydrogen-bond acceptors (Lipinski definition) is 6. The number of aromatic hydroxyl groups is 1. The molecule has 9 heteroatoms. The molecule has 0 saturated carbocycles. The van der Waals surface area contributed by atoms with Gasteiger partial charge in [-0.3, -0.25) is 9.59 Å². The molecule has 1 heterocycles. The van der Waals surface area contributed by atoms with Crippen LogP contribution in [0.2, 0.25) is 5.02 Å². The molecule has 3 rings (SSSR count). The minimum absolute atomic E-state index is 0.00199. The molecule has 0 bridgehead atoms. The van der Waals surface area contributed by atoms with E-state index in [0.29, 0.717) is 18.1 Å². The molecule has 1 aromatic heterocycles. The number of carbonyl (C=O) groups excluding carboxylic acids is 1. The van der Waals surface area contributed by atoms with Crippen molar-refractivity contribution in [2.75, 3.05) is 13.2 Å². The van der Waals surface area contributed by atoms with Gasteiger partial charge in [0.2, 0.25) is 5.76 Å². The minimum atomic E-state index is -1.22. The number of aromatic nitrogens is 1. The second-order valence-electron chi connectivity index (χ2n) is 8.34. The van der Waals surface area contributed by atoms with E-state index in [-0.39, 0.29) is 18.8 Å². The van der Waals surface area contributed by atoms with Crippen molar-refractivity contribution in [3.05, 3.63) is 70.9 Å². The van der Waals surface area contributed by atoms with Crippen LogP contribution in [-0.4, -0.2) is 46.5 Å². The number of halogens is 1. The van der Waals surface area contributed by atoms with Crippen LogP contribution in [0.5, 0.6) is 5.88 Å². The van der Waals surface area contributed by atoms with Crippen molar-refractivity contribution in [3.8, 4) is 17.0 Å². The molecule has 0 fully saturated rings. The summed E-state index contributed by atoms with van der Waals surface area (Å²) >= 11 is 6.09. The average molecular weight is 487 g/mol. The van der Waals surface area contributed by atoms with Crippen molar-refractivity contribution in [2.45, 2.75) is 32.7 Å². The summed E-state index contributed by atoms with van der Waals surface area (Å²) in [5, 5.41) is 26.0. The third kappa shape index (κ3) is 6.59. The molecule has 0 aliphatic carbocycles. The molecule has 180 valence electrons. The smallest absolute Gasteiger partial charge is 0.311 e. The van der Waals surface area contributed by atoms with Crippen molar-refractivity contribution >= 4 is 23.5 Å². The number of carboxylic acid groups (broad SMARTS) is 1. The summed E-state index contributed by atoms with van der Waals surface area (Å²) in [6.45, 7) is 3.76. The molecule has 0 radical (unpaired) electrons. The van der Waals surface area contributed by atoms with E-state index >= 15 is 0 Å². The first kappa shape index (κ1) is 25.3. The van der Waals surface area contributed by atoms with Gasteiger partial charge in [0.15, 0.2) is 0 Å². The van der Waals surface area contributed by atoms with Gasteiger partial charge in [-0.2, -0.15) is 0 Å². The van der Waals surface area contributed by atoms with Gasteiger partial charge in [0.1, 0.15) is 0 Å². The lowest BCUT2D eigenvalue weighted by atomic mass is 9.82. The van der Waals surface area contributed by atoms with E-state index in [2.05, 4.69) is 10.5 Å². The summed E-state index contributed by atoms with van der Waals surface area (Å²) in [6.07, 6.45) is 0.487. The molecule has 0 spiro atoms. The van der Waals surface area contributed by atoms with Crippen molar-refractivity contribution < 1.29 is 29.1 Å². The maximum atomic E-state index is 12.7. The van der Waals surface area contributed by atoms with Crippen LogP contribution in [0.1, 0.15) is 36.4 Å². The van der Waals surface area contributed by atoms with Gasteiger partial charge in [-0.05, 0) is 60.7 Å². The largest absolute Gasteiger partial charge is 0.491 e. The predicted octanol–water partition coefficient (Wildman–Crippen LogP) is 4.56. The first-order chi connectivity index (χ1) is 16.2. The van der Waals surface area contributed by atoms with Crippen LogP contribution in [0.3, 0.4) is 0 Å². The van der Waals surface area contributed by atoms with E-state index in [1.54, 1.807) is 13.8 Å². The zero-order valence-electron chi connectivity index (χ0n) is 19.0. The molecule has 1 unspecified atom stereocenters. The molecule has 2 aromatic carbocycles. The van der Waals surface area contributed by atoms with Gasteiger partial charge >= 0.3 is 5.97 Å². The summed E-state index contributed by atoms with van der Waals surface area (Å²) in [4.78, 5) is 24.7. The lowest BCUT2D eigenvalue weighted by Gasteiger charge is -2.30. The Hall–Kier alpha value is -3.36. The Morgan fingerprint density at radius 2 is 1.91 bits per heavy atom. The topological polar surface area (TPSA) is 122 Å². The second kappa shape index (κ2) is 11.2. The Labute approximate surface area is 202 Å². The standard InChI is InChI=1S/C25H27ClN2O6/c1-3-33-15-25(2,24(31)32)14-20(27-23(30)21-13-22(29)28-34-21)11-16-7-9-17(10-8-16)18-5-4-6-19(26)12-18/h4-10,12-13,20H,3,11,14-15H2,1-2H3,(H,27,30)(H,28,29)(H,31,32)/t20-,25?/m1/s1. The average Bonchev–Trinajstić information content (AvgIpc) is 3.24. The number of aliphatic carboxylic acids is 1. The van der Waals surface area contributed by atoms with Gasteiger partial charge < -0.3 is 24.8 Å². The zero-order chi connectivity index (χ0) is 24.7. The third-order valence-electron chi connectivity index (χ3n) is 5.49. The lowest BCUT2D eigenvalue weighted by molar-refractivity contribution is -0.152. The number of carboxylic acids is 1. The number of hydrogen-bond donors (Lipinski definition) is 3. The number of ether oxygens (including phenoxy) is 1. The fourth-order valence-corrected chi connectivity index (χ4v) is 3.86. The second-order valence-corrected chi connectivity index (χ2v) is 8.77. The highest BCUT2D eigenvalue weighted by Crippen LogP contribution is 2.28. The van der Waals surface area contributed by atoms with Crippen molar-refractivity contribution in [3.63, 3.8) is 0 Å². The van der Waals surface area contributed by atoms with E-state index in [9.17, 15) is 19.8 Å². The number of nitrogens with zero attached hydrogens (tertiary/aromatic N) is 1. The lowest BCUT2D eigenvalue weighted by Crippen LogP contribution is -2.44. The van der Waals surface area contributed by atoms with E-state index in [1.807, 2.05) is 48.5 Å². The van der Waals surface area contributed by atoms with Gasteiger partial charge in [-0.1, -0.05) is 48.0 Å². The molecule has 34 heavy (non-hydrogen) atoms. The predicted molar refractivity (Wildman–Crippen MR) is 127 cm³/mol. The van der Waals surface area contributed by atoms with E-state index in [4.69, 9.17) is 20.9 Å². The van der Waals surface area contributed by atoms with Crippen LogP contribution in [0.15, 0.2) is 59.1 Å². The van der Waals surface area contributed by atoms with Crippen LogP contribution in [0.25, 0.3) is 11.1 Å². The molecule has 8 nitrogen and oxygen atoms in total. The number of amides is 1. The van der Waals surface area contributed by atoms with Crippen LogP contribution in [-0.2, 0) is 16.0 Å². The van der Waals surface area contributed by atoms with E-state index in [0.717, 1.165) is 22.8 Å². The van der Waals surface area contributed by atoms with Crippen LogP contribution in [0, 0.1) is 5.41 Å². The molecule has 3 N–H and O–H groups in total. The zero-order valence-corrected chi connectivity index (χ0v) is 19.7. The SMILES string of the molecule is CCOCC(C)(C[C@@H](Cc1ccc(-c2cccc(Cl)c2)cc1)NC(=O)c1cc(O)no1)C(=O)O. The van der Waals surface area contributed by atoms with Gasteiger partial charge in [0.25, 0.3) is 11.8 Å². The summed E-state index contributed by atoms with van der Waals surface area (Å²) in [5.74, 6) is -2.20. The fraction of sp³-hybridized carbons (Fsp3) is 0.320. The Morgan fingerprint density at radius 1 is 1.18 bits per heavy atom. The first-order valence-electron chi connectivity index (χ1n) is 10.8. The van der Waals surface area contributed by atoms with E-state index < -0.39 is 29.2 Å². The molecule has 0 saturated heterocycles. The maximum absolute atomic E-state index is 12.7. The Bertz CT molecular complexity index is 1130. The molecular formula is C25H27ClN2O6. The highest BCUT2D eigenvalue weighted by atomic mass is 35.5. The summed E-state index contributed by atoms with van der Waals surface area (Å²) in [6, 6.07) is 15.8. The van der Waals surface area contributed by atoms with Crippen molar-refractivity contribution in [1.29, 1.82) is 0 Å². The van der Waals surface area contributed by atoms with Crippen molar-refractivity contribution in [2.24, 2.45) is 5.41 Å². The molecule has 0 aliphatic rings. The maximum Gasteiger partial charge on any atom is 0.311 e. The number of nitrogens with one attached hydrogen (secondary N) is 1. The molecule has 1 amide bonds. The minimum Gasteiger partial charge on any atom is -0.491 e. The number of benzene rings is 2. The highest BCUT2D eigenvalue weighted by molar-refractivity contribution is 6.30. The number of carbonyl (C=O) groups is 2. The van der Waals surface area contributed by atoms with Crippen LogP contribution in [0.4, 0.5) is 0 Å². The van der Waals surface area contributed by atoms with Crippen LogP contribution < -0.4 is 5.32 Å². The van der Waals surface area contributed by atoms with Crippen LogP contribution >= 0.6 is 11.6 Å². The third-order valence-corrected chi connectivity index (χ3v) is 5.72. The summed E-state index contributed by atoms with van der Waals surface area (Å²) < 4.78 is 10.2. The van der Waals surface area contributed by atoms with Crippen molar-refractivity contribution in [1.82, 2.24) is 10.5 Å². The molecule has 0 aliphatic heterocycles. The van der Waals surface area contributed by atoms with Gasteiger partial charge in [0, 0.05) is 17.7 Å². The molecule has 3 aromatic rings. The monoisotopic (exact) mass is 486 g/mol. The Morgan fingerprint density at radius 3 is 2.50 bits per heavy atom. The van der Waals surface area contributed by atoms with E-state index in [1.165, 1.54) is 0 Å². The van der Waals surface area contributed by atoms with Gasteiger partial charge in [-0.15, -0.1) is 0 Å². The molecule has 2 atom stereocenters. The highest BCUT2D eigenvalue weighted by Gasteiger charge is 2.37. The number of rotatable bonds is 11. The Kier molecular flexibility index (Phi) is 8.31.